The molecule has 28 heavy (non-hydrogen) atoms. The van der Waals surface area contributed by atoms with Crippen LogP contribution in [0.3, 0.4) is 0 Å². The van der Waals surface area contributed by atoms with Crippen LogP contribution >= 0.6 is 0 Å². The van der Waals surface area contributed by atoms with Gasteiger partial charge >= 0.3 is 6.03 Å². The molecule has 0 spiro atoms. The summed E-state index contributed by atoms with van der Waals surface area (Å²) >= 11 is 0. The van der Waals surface area contributed by atoms with Crippen LogP contribution in [0, 0.1) is 0 Å². The lowest BCUT2D eigenvalue weighted by Gasteiger charge is -2.32. The molecule has 8 nitrogen and oxygen atoms in total. The van der Waals surface area contributed by atoms with E-state index in [9.17, 15) is 14.4 Å². The molecule has 0 saturated carbocycles. The van der Waals surface area contributed by atoms with Gasteiger partial charge in [0, 0.05) is 19.6 Å². The molecule has 0 bridgehead atoms. The number of hydrogen-bond donors (Lipinski definition) is 2. The van der Waals surface area contributed by atoms with E-state index in [1.165, 1.54) is 4.90 Å². The lowest BCUT2D eigenvalue weighted by atomic mass is 9.95. The van der Waals surface area contributed by atoms with Crippen molar-refractivity contribution < 1.29 is 14.4 Å². The van der Waals surface area contributed by atoms with Crippen molar-refractivity contribution in [3.05, 3.63) is 47.2 Å². The topological polar surface area (TPSA) is 85.0 Å². The maximum absolute atomic E-state index is 13.1. The highest BCUT2D eigenvalue weighted by Crippen LogP contribution is 2.35. The standard InChI is InChI=1S/C20H27N5O3/c1-4-25-15-12-24(13-16(26)21-10-11-23(2)3)19(27)17(15)18(22-20(25)28)14-8-6-5-7-9-14/h5-9,18H,4,10-13H2,1-3H3,(H,21,26)(H,22,28). The Kier molecular flexibility index (Phi) is 5.99. The predicted octanol–water partition coefficient (Wildman–Crippen LogP) is 0.547. The van der Waals surface area contributed by atoms with Crippen molar-refractivity contribution in [3.8, 4) is 0 Å². The van der Waals surface area contributed by atoms with Crippen LogP contribution in [0.5, 0.6) is 0 Å². The third-order valence-corrected chi connectivity index (χ3v) is 4.96. The Morgan fingerprint density at radius 3 is 2.61 bits per heavy atom. The zero-order valence-corrected chi connectivity index (χ0v) is 16.6. The van der Waals surface area contributed by atoms with Crippen LogP contribution in [0.25, 0.3) is 0 Å². The first-order valence-corrected chi connectivity index (χ1v) is 9.49. The highest BCUT2D eigenvalue weighted by molar-refractivity contribution is 6.03. The number of amides is 4. The molecule has 8 heteroatoms. The van der Waals surface area contributed by atoms with Crippen molar-refractivity contribution >= 4 is 17.8 Å². The maximum Gasteiger partial charge on any atom is 0.322 e. The summed E-state index contributed by atoms with van der Waals surface area (Å²) < 4.78 is 0. The Morgan fingerprint density at radius 2 is 1.96 bits per heavy atom. The second-order valence-electron chi connectivity index (χ2n) is 7.21. The van der Waals surface area contributed by atoms with E-state index in [0.717, 1.165) is 12.1 Å². The molecule has 0 radical (unpaired) electrons. The summed E-state index contributed by atoms with van der Waals surface area (Å²) in [4.78, 5) is 43.0. The number of likely N-dealkylation sites (N-methyl/N-ethyl adjacent to an activating group) is 2. The number of urea groups is 1. The van der Waals surface area contributed by atoms with E-state index in [2.05, 4.69) is 10.6 Å². The molecular weight excluding hydrogens is 358 g/mol. The minimum atomic E-state index is -0.499. The van der Waals surface area contributed by atoms with Crippen molar-refractivity contribution in [2.75, 3.05) is 46.8 Å². The molecule has 0 saturated heterocycles. The quantitative estimate of drug-likeness (QED) is 0.718. The number of hydrogen-bond acceptors (Lipinski definition) is 4. The van der Waals surface area contributed by atoms with Gasteiger partial charge in [0.2, 0.25) is 5.91 Å². The van der Waals surface area contributed by atoms with Gasteiger partial charge in [0.1, 0.15) is 6.54 Å². The van der Waals surface area contributed by atoms with Gasteiger partial charge in [-0.15, -0.1) is 0 Å². The van der Waals surface area contributed by atoms with Gasteiger partial charge in [-0.2, -0.15) is 0 Å². The Bertz CT molecular complexity index is 790. The van der Waals surface area contributed by atoms with Crippen molar-refractivity contribution in [2.24, 2.45) is 0 Å². The highest BCUT2D eigenvalue weighted by atomic mass is 16.2. The van der Waals surface area contributed by atoms with Crippen LogP contribution in [0.2, 0.25) is 0 Å². The number of nitrogens with one attached hydrogen (secondary N) is 2. The molecule has 0 fully saturated rings. The summed E-state index contributed by atoms with van der Waals surface area (Å²) in [5.74, 6) is -0.404. The Balaban J connectivity index is 1.78. The molecule has 2 aliphatic heterocycles. The van der Waals surface area contributed by atoms with Crippen LogP contribution in [0.4, 0.5) is 4.79 Å². The molecule has 1 aromatic rings. The normalized spacial score (nSPS) is 19.2. The molecule has 150 valence electrons. The molecule has 2 aliphatic rings. The number of benzene rings is 1. The maximum atomic E-state index is 13.1. The zero-order valence-electron chi connectivity index (χ0n) is 16.6. The first-order chi connectivity index (χ1) is 13.4. The summed E-state index contributed by atoms with van der Waals surface area (Å²) in [7, 11) is 3.86. The summed E-state index contributed by atoms with van der Waals surface area (Å²) in [5.41, 5.74) is 2.09. The molecule has 4 amide bonds. The zero-order chi connectivity index (χ0) is 20.3. The fraction of sp³-hybridized carbons (Fsp3) is 0.450. The third-order valence-electron chi connectivity index (χ3n) is 4.96. The lowest BCUT2D eigenvalue weighted by molar-refractivity contribution is -0.131. The van der Waals surface area contributed by atoms with E-state index in [-0.39, 0.29) is 30.9 Å². The van der Waals surface area contributed by atoms with Gasteiger partial charge in [0.25, 0.3) is 5.91 Å². The van der Waals surface area contributed by atoms with Crippen molar-refractivity contribution in [2.45, 2.75) is 13.0 Å². The fourth-order valence-electron chi connectivity index (χ4n) is 3.55. The molecule has 0 aliphatic carbocycles. The van der Waals surface area contributed by atoms with Crippen LogP contribution in [-0.4, -0.2) is 79.4 Å². The monoisotopic (exact) mass is 385 g/mol. The van der Waals surface area contributed by atoms with Gasteiger partial charge in [0.05, 0.1) is 23.9 Å². The van der Waals surface area contributed by atoms with Gasteiger partial charge in [-0.3, -0.25) is 14.5 Å². The van der Waals surface area contributed by atoms with Gasteiger partial charge < -0.3 is 20.4 Å². The van der Waals surface area contributed by atoms with Gasteiger partial charge in [-0.1, -0.05) is 30.3 Å². The van der Waals surface area contributed by atoms with E-state index in [4.69, 9.17) is 0 Å². The van der Waals surface area contributed by atoms with E-state index in [0.29, 0.717) is 24.4 Å². The first-order valence-electron chi connectivity index (χ1n) is 9.49. The van der Waals surface area contributed by atoms with Crippen molar-refractivity contribution in [1.29, 1.82) is 0 Å². The highest BCUT2D eigenvalue weighted by Gasteiger charge is 2.43. The predicted molar refractivity (Wildman–Crippen MR) is 105 cm³/mol. The van der Waals surface area contributed by atoms with Gasteiger partial charge in [-0.25, -0.2) is 4.79 Å². The molecule has 1 unspecified atom stereocenters. The van der Waals surface area contributed by atoms with Crippen LogP contribution in [0.15, 0.2) is 41.6 Å². The minimum Gasteiger partial charge on any atom is -0.353 e. The van der Waals surface area contributed by atoms with Gasteiger partial charge in [0.15, 0.2) is 0 Å². The second-order valence-corrected chi connectivity index (χ2v) is 7.21. The van der Waals surface area contributed by atoms with Crippen molar-refractivity contribution in [1.82, 2.24) is 25.3 Å². The van der Waals surface area contributed by atoms with E-state index < -0.39 is 6.04 Å². The first kappa shape index (κ1) is 19.9. The SMILES string of the molecule is CCN1C(=O)NC(c2ccccc2)C2=C1CN(CC(=O)NCCN(C)C)C2=O. The van der Waals surface area contributed by atoms with E-state index >= 15 is 0 Å². The van der Waals surface area contributed by atoms with Gasteiger partial charge in [-0.05, 0) is 26.6 Å². The average molecular weight is 385 g/mol. The molecule has 2 N–H and O–H groups in total. The number of rotatable bonds is 7. The minimum absolute atomic E-state index is 0.0213. The Morgan fingerprint density at radius 1 is 1.25 bits per heavy atom. The fourth-order valence-corrected chi connectivity index (χ4v) is 3.55. The van der Waals surface area contributed by atoms with Crippen LogP contribution in [-0.2, 0) is 9.59 Å². The summed E-state index contributed by atoms with van der Waals surface area (Å²) in [5, 5.41) is 5.76. The Hall–Kier alpha value is -2.87. The van der Waals surface area contributed by atoms with E-state index in [1.807, 2.05) is 56.3 Å². The molecule has 1 aromatic carbocycles. The number of nitrogens with zero attached hydrogens (tertiary/aromatic N) is 3. The molecular formula is C20H27N5O3. The number of carbonyl (C=O) groups excluding carboxylic acids is 3. The molecule has 2 heterocycles. The average Bonchev–Trinajstić information content (AvgIpc) is 2.97. The number of carbonyl (C=O) groups is 3. The molecule has 3 rings (SSSR count). The van der Waals surface area contributed by atoms with E-state index in [1.54, 1.807) is 4.90 Å². The summed E-state index contributed by atoms with van der Waals surface area (Å²) in [6.45, 7) is 3.82. The third kappa shape index (κ3) is 4.01. The lowest BCUT2D eigenvalue weighted by Crippen LogP contribution is -2.47. The largest absolute Gasteiger partial charge is 0.353 e. The summed E-state index contributed by atoms with van der Waals surface area (Å²) in [6, 6.07) is 8.71. The second kappa shape index (κ2) is 8.43. The Labute approximate surface area is 165 Å². The molecule has 1 atom stereocenters. The van der Waals surface area contributed by atoms with Crippen molar-refractivity contribution in [3.63, 3.8) is 0 Å². The van der Waals surface area contributed by atoms with Crippen LogP contribution < -0.4 is 10.6 Å². The van der Waals surface area contributed by atoms with Crippen LogP contribution in [0.1, 0.15) is 18.5 Å². The molecule has 0 aromatic heterocycles. The smallest absolute Gasteiger partial charge is 0.322 e. The summed E-state index contributed by atoms with van der Waals surface area (Å²) in [6.07, 6.45) is 0.